The lowest BCUT2D eigenvalue weighted by atomic mass is 10.2. The van der Waals surface area contributed by atoms with Gasteiger partial charge in [0.1, 0.15) is 10.8 Å². The van der Waals surface area contributed by atoms with E-state index in [2.05, 4.69) is 15.0 Å². The first-order valence-corrected chi connectivity index (χ1v) is 10.9. The van der Waals surface area contributed by atoms with Crippen LogP contribution >= 0.6 is 22.7 Å². The molecule has 1 amide bonds. The molecule has 1 aliphatic rings. The minimum absolute atomic E-state index is 0.0677. The number of benzene rings is 1. The van der Waals surface area contributed by atoms with E-state index in [1.54, 1.807) is 0 Å². The Hall–Kier alpha value is -3.04. The van der Waals surface area contributed by atoms with Crippen molar-refractivity contribution in [2.75, 3.05) is 31.1 Å². The molecule has 0 atom stereocenters. The summed E-state index contributed by atoms with van der Waals surface area (Å²) in [5, 5.41) is 7.10. The number of anilines is 1. The highest BCUT2D eigenvalue weighted by atomic mass is 32.1. The second-order valence-electron chi connectivity index (χ2n) is 6.68. The Morgan fingerprint density at radius 2 is 1.79 bits per heavy atom. The summed E-state index contributed by atoms with van der Waals surface area (Å²) in [7, 11) is 0. The second kappa shape index (κ2) is 7.41. The van der Waals surface area contributed by atoms with E-state index in [0.717, 1.165) is 15.4 Å². The smallest absolute Gasteiger partial charge is 0.277 e. The van der Waals surface area contributed by atoms with E-state index in [4.69, 9.17) is 0 Å². The number of fused-ring (bicyclic) bond motifs is 1. The van der Waals surface area contributed by atoms with Crippen molar-refractivity contribution in [3.63, 3.8) is 0 Å². The van der Waals surface area contributed by atoms with Crippen molar-refractivity contribution in [3.05, 3.63) is 69.1 Å². The third kappa shape index (κ3) is 3.43. The van der Waals surface area contributed by atoms with Crippen LogP contribution in [0.5, 0.6) is 0 Å². The lowest BCUT2D eigenvalue weighted by Crippen LogP contribution is -2.49. The number of nitrogens with zero attached hydrogens (tertiary/aromatic N) is 5. The molecule has 1 saturated heterocycles. The first-order valence-electron chi connectivity index (χ1n) is 9.23. The number of thiophene rings is 1. The van der Waals surface area contributed by atoms with E-state index in [9.17, 15) is 9.59 Å². The number of hydrogen-bond acceptors (Lipinski definition) is 7. The third-order valence-electron chi connectivity index (χ3n) is 4.88. The highest BCUT2D eigenvalue weighted by Crippen LogP contribution is 2.25. The van der Waals surface area contributed by atoms with Crippen LogP contribution < -0.4 is 10.5 Å². The molecule has 0 aliphatic carbocycles. The van der Waals surface area contributed by atoms with Crippen LogP contribution in [0.25, 0.3) is 15.5 Å². The molecule has 7 nitrogen and oxygen atoms in total. The first-order chi connectivity index (χ1) is 14.2. The lowest BCUT2D eigenvalue weighted by Gasteiger charge is -2.35. The van der Waals surface area contributed by atoms with E-state index in [0.29, 0.717) is 37.0 Å². The zero-order valence-corrected chi connectivity index (χ0v) is 17.0. The van der Waals surface area contributed by atoms with E-state index < -0.39 is 0 Å². The van der Waals surface area contributed by atoms with Crippen LogP contribution in [0.3, 0.4) is 0 Å². The normalized spacial score (nSPS) is 14.5. The van der Waals surface area contributed by atoms with Gasteiger partial charge in [-0.3, -0.25) is 9.59 Å². The molecule has 1 aliphatic heterocycles. The van der Waals surface area contributed by atoms with Crippen LogP contribution in [0, 0.1) is 0 Å². The van der Waals surface area contributed by atoms with Crippen LogP contribution in [0.1, 0.15) is 9.67 Å². The summed E-state index contributed by atoms with van der Waals surface area (Å²) in [6.45, 7) is 2.50. The SMILES string of the molecule is O=C(c1cccs1)N1CCN(c2cc(=O)n3nc(-c4ccccc4)sc3n2)CC1. The van der Waals surface area contributed by atoms with Gasteiger partial charge in [0.25, 0.3) is 11.5 Å². The van der Waals surface area contributed by atoms with Gasteiger partial charge in [-0.2, -0.15) is 9.61 Å². The number of piperazine rings is 1. The molecule has 0 N–H and O–H groups in total. The monoisotopic (exact) mass is 423 g/mol. The maximum absolute atomic E-state index is 12.6. The summed E-state index contributed by atoms with van der Waals surface area (Å²) in [6.07, 6.45) is 0. The van der Waals surface area contributed by atoms with Crippen molar-refractivity contribution in [1.29, 1.82) is 0 Å². The average molecular weight is 424 g/mol. The topological polar surface area (TPSA) is 70.8 Å². The largest absolute Gasteiger partial charge is 0.353 e. The Morgan fingerprint density at radius 3 is 2.52 bits per heavy atom. The van der Waals surface area contributed by atoms with Crippen molar-refractivity contribution < 1.29 is 4.79 Å². The number of hydrogen-bond donors (Lipinski definition) is 0. The van der Waals surface area contributed by atoms with Gasteiger partial charge in [-0.15, -0.1) is 11.3 Å². The Labute approximate surface area is 174 Å². The van der Waals surface area contributed by atoms with Crippen molar-refractivity contribution in [3.8, 4) is 10.6 Å². The molecule has 146 valence electrons. The van der Waals surface area contributed by atoms with Crippen molar-refractivity contribution >= 4 is 39.4 Å². The van der Waals surface area contributed by atoms with Gasteiger partial charge in [-0.1, -0.05) is 47.7 Å². The van der Waals surface area contributed by atoms with Gasteiger partial charge >= 0.3 is 0 Å². The molecule has 1 fully saturated rings. The van der Waals surface area contributed by atoms with Gasteiger partial charge in [-0.25, -0.2) is 4.98 Å². The predicted molar refractivity (Wildman–Crippen MR) is 115 cm³/mol. The van der Waals surface area contributed by atoms with Crippen molar-refractivity contribution in [2.45, 2.75) is 0 Å². The van der Waals surface area contributed by atoms with Crippen molar-refractivity contribution in [1.82, 2.24) is 19.5 Å². The first kappa shape index (κ1) is 18.0. The minimum Gasteiger partial charge on any atom is -0.353 e. The molecule has 0 unspecified atom stereocenters. The summed E-state index contributed by atoms with van der Waals surface area (Å²) in [4.78, 5) is 35.0. The standard InChI is InChI=1S/C20H17N5O2S2/c26-17-13-16(21-20-25(17)22-18(29-20)14-5-2-1-3-6-14)23-8-10-24(11-9-23)19(27)15-7-4-12-28-15/h1-7,12-13H,8-11H2. The molecule has 4 heterocycles. The van der Waals surface area contributed by atoms with E-state index in [1.807, 2.05) is 52.7 Å². The molecule has 5 rings (SSSR count). The van der Waals surface area contributed by atoms with E-state index in [-0.39, 0.29) is 11.5 Å². The molecule has 0 bridgehead atoms. The van der Waals surface area contributed by atoms with Crippen LogP contribution in [0.2, 0.25) is 0 Å². The maximum atomic E-state index is 12.6. The minimum atomic E-state index is -0.194. The molecule has 0 radical (unpaired) electrons. The fraction of sp³-hybridized carbons (Fsp3) is 0.200. The Kier molecular flexibility index (Phi) is 4.61. The quantitative estimate of drug-likeness (QED) is 0.507. The van der Waals surface area contributed by atoms with Crippen LogP contribution in [0.15, 0.2) is 58.7 Å². The summed E-state index contributed by atoms with van der Waals surface area (Å²) < 4.78 is 1.35. The van der Waals surface area contributed by atoms with Gasteiger partial charge in [0.05, 0.1) is 4.88 Å². The van der Waals surface area contributed by atoms with Gasteiger partial charge in [0, 0.05) is 37.8 Å². The average Bonchev–Trinajstić information content (AvgIpc) is 3.44. The molecule has 9 heteroatoms. The second-order valence-corrected chi connectivity index (χ2v) is 8.58. The molecule has 3 aromatic heterocycles. The fourth-order valence-electron chi connectivity index (χ4n) is 3.35. The van der Waals surface area contributed by atoms with Crippen LogP contribution in [0.4, 0.5) is 5.82 Å². The molecule has 0 saturated carbocycles. The van der Waals surface area contributed by atoms with Gasteiger partial charge in [0.2, 0.25) is 4.96 Å². The van der Waals surface area contributed by atoms with Crippen LogP contribution in [-0.2, 0) is 0 Å². The van der Waals surface area contributed by atoms with E-state index in [1.165, 1.54) is 33.3 Å². The number of carbonyl (C=O) groups excluding carboxylic acids is 1. The maximum Gasteiger partial charge on any atom is 0.277 e. The number of amides is 1. The summed E-state index contributed by atoms with van der Waals surface area (Å²) >= 11 is 2.86. The fourth-order valence-corrected chi connectivity index (χ4v) is 4.95. The lowest BCUT2D eigenvalue weighted by molar-refractivity contribution is 0.0751. The number of aromatic nitrogens is 3. The molecule has 4 aromatic rings. The molecule has 0 spiro atoms. The summed E-state index contributed by atoms with van der Waals surface area (Å²) in [6, 6.07) is 15.0. The van der Waals surface area contributed by atoms with Gasteiger partial charge in [-0.05, 0) is 11.4 Å². The third-order valence-corrected chi connectivity index (χ3v) is 6.69. The number of rotatable bonds is 3. The van der Waals surface area contributed by atoms with Crippen molar-refractivity contribution in [2.24, 2.45) is 0 Å². The zero-order valence-electron chi connectivity index (χ0n) is 15.4. The van der Waals surface area contributed by atoms with Gasteiger partial charge < -0.3 is 9.80 Å². The number of carbonyl (C=O) groups is 1. The highest BCUT2D eigenvalue weighted by Gasteiger charge is 2.24. The van der Waals surface area contributed by atoms with E-state index >= 15 is 0 Å². The molecular weight excluding hydrogens is 406 g/mol. The van der Waals surface area contributed by atoms with Crippen LogP contribution in [-0.4, -0.2) is 51.6 Å². The Balaban J connectivity index is 1.37. The Bertz CT molecular complexity index is 1210. The highest BCUT2D eigenvalue weighted by molar-refractivity contribution is 7.19. The predicted octanol–water partition coefficient (Wildman–Crippen LogP) is 2.84. The molecule has 1 aromatic carbocycles. The summed E-state index contributed by atoms with van der Waals surface area (Å²) in [5.41, 5.74) is 0.769. The molecule has 29 heavy (non-hydrogen) atoms. The summed E-state index contributed by atoms with van der Waals surface area (Å²) in [5.74, 6) is 0.708. The van der Waals surface area contributed by atoms with Gasteiger partial charge in [0.15, 0.2) is 0 Å². The zero-order chi connectivity index (χ0) is 19.8. The Morgan fingerprint density at radius 1 is 1.00 bits per heavy atom. The molecular formula is C20H17N5O2S2.